The molecule has 0 unspecified atom stereocenters. The molecule has 0 atom stereocenters. The number of benzene rings is 1. The largest absolute Gasteiger partial charge is 0.353 e. The van der Waals surface area contributed by atoms with Crippen LogP contribution in [-0.2, 0) is 0 Å². The van der Waals surface area contributed by atoms with Gasteiger partial charge in [-0.2, -0.15) is 0 Å². The fraction of sp³-hybridized carbons (Fsp3) is 0.250. The van der Waals surface area contributed by atoms with Crippen molar-refractivity contribution in [1.82, 2.24) is 9.55 Å². The van der Waals surface area contributed by atoms with Crippen LogP contribution in [0.15, 0.2) is 35.1 Å². The van der Waals surface area contributed by atoms with Gasteiger partial charge in [0, 0.05) is 26.5 Å². The molecular weight excluding hydrogens is 393 g/mol. The summed E-state index contributed by atoms with van der Waals surface area (Å²) in [6.45, 7) is 4.20. The normalized spacial score (nSPS) is 10.9. The van der Waals surface area contributed by atoms with Crippen molar-refractivity contribution < 1.29 is 0 Å². The molecule has 1 aromatic carbocycles. The Balaban J connectivity index is 2.45. The molecule has 0 fully saturated rings. The maximum absolute atomic E-state index is 4.34. The number of rotatable bonds is 3. The van der Waals surface area contributed by atoms with Gasteiger partial charge in [0.15, 0.2) is 0 Å². The lowest BCUT2D eigenvalue weighted by Crippen LogP contribution is -2.14. The second-order valence-corrected chi connectivity index (χ2v) is 6.09. The molecule has 0 spiro atoms. The van der Waals surface area contributed by atoms with Gasteiger partial charge in [-0.15, -0.1) is 0 Å². The third-order valence-corrected chi connectivity index (χ3v) is 3.63. The van der Waals surface area contributed by atoms with Crippen molar-refractivity contribution in [3.8, 4) is 5.69 Å². The molecule has 0 radical (unpaired) electrons. The van der Waals surface area contributed by atoms with Crippen LogP contribution in [0.2, 0.25) is 0 Å². The van der Waals surface area contributed by atoms with Crippen LogP contribution in [0.4, 0.5) is 5.95 Å². The van der Waals surface area contributed by atoms with Crippen molar-refractivity contribution in [2.75, 3.05) is 5.32 Å². The summed E-state index contributed by atoms with van der Waals surface area (Å²) >= 11 is 5.83. The summed E-state index contributed by atoms with van der Waals surface area (Å²) in [6.07, 6.45) is 3.77. The van der Waals surface area contributed by atoms with E-state index in [0.717, 1.165) is 16.1 Å². The minimum atomic E-state index is 0.362. The molecule has 0 saturated carbocycles. The average Bonchev–Trinajstić information content (AvgIpc) is 2.69. The van der Waals surface area contributed by atoms with Crippen molar-refractivity contribution in [2.24, 2.45) is 0 Å². The number of nitrogens with zero attached hydrogens (tertiary/aromatic N) is 2. The van der Waals surface area contributed by atoms with Gasteiger partial charge in [0.1, 0.15) is 0 Å². The molecule has 1 aromatic heterocycles. The Bertz CT molecular complexity index is 522. The molecule has 5 heteroatoms. The summed E-state index contributed by atoms with van der Waals surface area (Å²) in [4.78, 5) is 4.34. The van der Waals surface area contributed by atoms with Crippen molar-refractivity contribution in [3.63, 3.8) is 0 Å². The van der Waals surface area contributed by atoms with Crippen molar-refractivity contribution in [3.05, 3.63) is 38.6 Å². The standard InChI is InChI=1S/C12H13BrIN3/c1-8(2)16-12-15-5-6-17(12)11-7-9(13)3-4-10(11)14/h3-8H,1-2H3,(H,15,16). The van der Waals surface area contributed by atoms with Gasteiger partial charge >= 0.3 is 0 Å². The maximum atomic E-state index is 4.34. The van der Waals surface area contributed by atoms with Crippen molar-refractivity contribution in [2.45, 2.75) is 19.9 Å². The van der Waals surface area contributed by atoms with E-state index in [1.807, 2.05) is 18.5 Å². The van der Waals surface area contributed by atoms with Crippen LogP contribution in [0.3, 0.4) is 0 Å². The van der Waals surface area contributed by atoms with E-state index in [4.69, 9.17) is 0 Å². The quantitative estimate of drug-likeness (QED) is 0.780. The highest BCUT2D eigenvalue weighted by atomic mass is 127. The fourth-order valence-corrected chi connectivity index (χ4v) is 2.48. The molecule has 90 valence electrons. The van der Waals surface area contributed by atoms with Crippen LogP contribution in [0.5, 0.6) is 0 Å². The molecule has 0 bridgehead atoms. The van der Waals surface area contributed by atoms with Crippen LogP contribution < -0.4 is 5.32 Å². The zero-order valence-electron chi connectivity index (χ0n) is 9.61. The third kappa shape index (κ3) is 3.01. The van der Waals surface area contributed by atoms with Crippen molar-refractivity contribution in [1.29, 1.82) is 0 Å². The molecule has 2 aromatic rings. The Hall–Kier alpha value is -0.560. The highest BCUT2D eigenvalue weighted by Gasteiger charge is 2.09. The molecule has 3 nitrogen and oxygen atoms in total. The predicted octanol–water partition coefficient (Wildman–Crippen LogP) is 4.06. The van der Waals surface area contributed by atoms with E-state index in [-0.39, 0.29) is 0 Å². The SMILES string of the molecule is CC(C)Nc1nccn1-c1cc(Br)ccc1I. The van der Waals surface area contributed by atoms with Crippen LogP contribution in [0.25, 0.3) is 5.69 Å². The molecule has 2 rings (SSSR count). The van der Waals surface area contributed by atoms with E-state index in [2.05, 4.69) is 79.4 Å². The van der Waals surface area contributed by atoms with Crippen LogP contribution >= 0.6 is 38.5 Å². The topological polar surface area (TPSA) is 29.9 Å². The third-order valence-electron chi connectivity index (χ3n) is 2.23. The number of aromatic nitrogens is 2. The predicted molar refractivity (Wildman–Crippen MR) is 82.7 cm³/mol. The lowest BCUT2D eigenvalue weighted by molar-refractivity contribution is 0.863. The molecule has 0 amide bonds. The van der Waals surface area contributed by atoms with Gasteiger partial charge < -0.3 is 5.32 Å². The Kier molecular flexibility index (Phi) is 4.09. The summed E-state index contributed by atoms with van der Waals surface area (Å²) in [5, 5.41) is 3.33. The Morgan fingerprint density at radius 2 is 2.18 bits per heavy atom. The number of nitrogens with one attached hydrogen (secondary N) is 1. The molecule has 0 aliphatic heterocycles. The molecule has 17 heavy (non-hydrogen) atoms. The van der Waals surface area contributed by atoms with Gasteiger partial charge in [0.25, 0.3) is 0 Å². The van der Waals surface area contributed by atoms with Gasteiger partial charge in [-0.05, 0) is 54.6 Å². The van der Waals surface area contributed by atoms with Crippen LogP contribution in [0.1, 0.15) is 13.8 Å². The first-order chi connectivity index (χ1) is 8.08. The average molecular weight is 406 g/mol. The number of imidazole rings is 1. The smallest absolute Gasteiger partial charge is 0.207 e. The van der Waals surface area contributed by atoms with Gasteiger partial charge in [-0.25, -0.2) is 4.98 Å². The fourth-order valence-electron chi connectivity index (χ4n) is 1.53. The minimum Gasteiger partial charge on any atom is -0.353 e. The zero-order chi connectivity index (χ0) is 12.4. The summed E-state index contributed by atoms with van der Waals surface area (Å²) in [5.74, 6) is 0.871. The van der Waals surface area contributed by atoms with Gasteiger partial charge in [0.2, 0.25) is 5.95 Å². The molecule has 1 heterocycles. The second kappa shape index (κ2) is 5.39. The second-order valence-electron chi connectivity index (χ2n) is 4.02. The highest BCUT2D eigenvalue weighted by molar-refractivity contribution is 14.1. The van der Waals surface area contributed by atoms with Gasteiger partial charge in [0.05, 0.1) is 5.69 Å². The van der Waals surface area contributed by atoms with Gasteiger partial charge in [-0.3, -0.25) is 4.57 Å². The highest BCUT2D eigenvalue weighted by Crippen LogP contribution is 2.24. The first-order valence-electron chi connectivity index (χ1n) is 5.33. The number of halogens is 2. The Labute approximate surface area is 123 Å². The van der Waals surface area contributed by atoms with Gasteiger partial charge in [-0.1, -0.05) is 15.9 Å². The monoisotopic (exact) mass is 405 g/mol. The Morgan fingerprint density at radius 1 is 1.41 bits per heavy atom. The van der Waals surface area contributed by atoms with E-state index in [1.165, 1.54) is 3.57 Å². The summed E-state index contributed by atoms with van der Waals surface area (Å²) in [6, 6.07) is 6.58. The van der Waals surface area contributed by atoms with Crippen LogP contribution in [-0.4, -0.2) is 15.6 Å². The molecule has 0 aliphatic carbocycles. The maximum Gasteiger partial charge on any atom is 0.207 e. The molecule has 0 aliphatic rings. The van der Waals surface area contributed by atoms with E-state index < -0.39 is 0 Å². The lowest BCUT2D eigenvalue weighted by atomic mass is 10.3. The molecule has 1 N–H and O–H groups in total. The number of hydrogen-bond acceptors (Lipinski definition) is 2. The first-order valence-corrected chi connectivity index (χ1v) is 7.20. The van der Waals surface area contributed by atoms with E-state index in [0.29, 0.717) is 6.04 Å². The molecular formula is C12H13BrIN3. The van der Waals surface area contributed by atoms with Crippen molar-refractivity contribution >= 4 is 44.5 Å². The first kappa shape index (κ1) is 12.9. The van der Waals surface area contributed by atoms with Crippen LogP contribution in [0, 0.1) is 3.57 Å². The molecule has 0 saturated heterocycles. The number of anilines is 1. The summed E-state index contributed by atoms with van der Waals surface area (Å²) in [5.41, 5.74) is 1.13. The summed E-state index contributed by atoms with van der Waals surface area (Å²) in [7, 11) is 0. The zero-order valence-corrected chi connectivity index (χ0v) is 13.4. The minimum absolute atomic E-state index is 0.362. The number of hydrogen-bond donors (Lipinski definition) is 1. The van der Waals surface area contributed by atoms with E-state index in [9.17, 15) is 0 Å². The van der Waals surface area contributed by atoms with E-state index in [1.54, 1.807) is 0 Å². The van der Waals surface area contributed by atoms with E-state index >= 15 is 0 Å². The summed E-state index contributed by atoms with van der Waals surface area (Å²) < 4.78 is 4.32. The Morgan fingerprint density at radius 3 is 2.88 bits per heavy atom. The lowest BCUT2D eigenvalue weighted by Gasteiger charge is -2.13.